The lowest BCUT2D eigenvalue weighted by Crippen LogP contribution is -2.46. The van der Waals surface area contributed by atoms with Crippen molar-refractivity contribution < 1.29 is 13.2 Å². The van der Waals surface area contributed by atoms with E-state index in [2.05, 4.69) is 5.32 Å². The van der Waals surface area contributed by atoms with Gasteiger partial charge in [-0.05, 0) is 26.2 Å². The van der Waals surface area contributed by atoms with Crippen molar-refractivity contribution >= 4 is 9.84 Å². The maximum Gasteiger partial charge on any atom is 0.152 e. The van der Waals surface area contributed by atoms with E-state index >= 15 is 0 Å². The summed E-state index contributed by atoms with van der Waals surface area (Å²) in [6.45, 7) is 3.28. The quantitative estimate of drug-likeness (QED) is 0.724. The zero-order valence-corrected chi connectivity index (χ0v) is 11.1. The first kappa shape index (κ1) is 13.3. The van der Waals surface area contributed by atoms with Crippen LogP contribution in [0.5, 0.6) is 0 Å². The molecule has 100 valence electrons. The van der Waals surface area contributed by atoms with Crippen LogP contribution in [-0.2, 0) is 14.6 Å². The second-order valence-corrected chi connectivity index (χ2v) is 7.66. The summed E-state index contributed by atoms with van der Waals surface area (Å²) in [6.07, 6.45) is 3.09. The topological polar surface area (TPSA) is 81.4 Å². The lowest BCUT2D eigenvalue weighted by Gasteiger charge is -2.26. The molecule has 0 saturated carbocycles. The summed E-state index contributed by atoms with van der Waals surface area (Å²) in [6, 6.07) is 0. The molecule has 0 aromatic heterocycles. The number of nitrogens with one attached hydrogen (secondary N) is 1. The molecule has 2 aliphatic heterocycles. The SMILES string of the molecule is CC1(NCC2CCC(CN)O2)CCS(=O)(=O)C1. The second kappa shape index (κ2) is 4.84. The van der Waals surface area contributed by atoms with Crippen molar-refractivity contribution in [1.29, 1.82) is 0 Å². The number of ether oxygens (including phenoxy) is 1. The van der Waals surface area contributed by atoms with Crippen LogP contribution in [0.4, 0.5) is 0 Å². The van der Waals surface area contributed by atoms with E-state index in [0.717, 1.165) is 19.4 Å². The van der Waals surface area contributed by atoms with Gasteiger partial charge < -0.3 is 15.8 Å². The highest BCUT2D eigenvalue weighted by molar-refractivity contribution is 7.91. The Hall–Kier alpha value is -0.170. The second-order valence-electron chi connectivity index (χ2n) is 5.48. The van der Waals surface area contributed by atoms with E-state index in [1.54, 1.807) is 0 Å². The fraction of sp³-hybridized carbons (Fsp3) is 1.00. The van der Waals surface area contributed by atoms with Crippen molar-refractivity contribution in [3.63, 3.8) is 0 Å². The van der Waals surface area contributed by atoms with Gasteiger partial charge in [-0.15, -0.1) is 0 Å². The van der Waals surface area contributed by atoms with Gasteiger partial charge in [0.2, 0.25) is 0 Å². The molecule has 0 amide bonds. The fourth-order valence-corrected chi connectivity index (χ4v) is 4.74. The van der Waals surface area contributed by atoms with Crippen LogP contribution < -0.4 is 11.1 Å². The summed E-state index contributed by atoms with van der Waals surface area (Å²) in [5, 5.41) is 3.36. The smallest absolute Gasteiger partial charge is 0.152 e. The zero-order valence-electron chi connectivity index (χ0n) is 10.3. The van der Waals surface area contributed by atoms with E-state index in [9.17, 15) is 8.42 Å². The van der Waals surface area contributed by atoms with Crippen molar-refractivity contribution in [1.82, 2.24) is 5.32 Å². The number of nitrogens with two attached hydrogens (primary N) is 1. The average Bonchev–Trinajstić information content (AvgIpc) is 2.81. The zero-order chi connectivity index (χ0) is 12.5. The van der Waals surface area contributed by atoms with Gasteiger partial charge in [0.05, 0.1) is 23.7 Å². The third-order valence-electron chi connectivity index (χ3n) is 3.72. The van der Waals surface area contributed by atoms with Crippen LogP contribution >= 0.6 is 0 Å². The summed E-state index contributed by atoms with van der Waals surface area (Å²) >= 11 is 0. The van der Waals surface area contributed by atoms with E-state index in [4.69, 9.17) is 10.5 Å². The Morgan fingerprint density at radius 3 is 2.65 bits per heavy atom. The van der Waals surface area contributed by atoms with Gasteiger partial charge in [0.1, 0.15) is 0 Å². The summed E-state index contributed by atoms with van der Waals surface area (Å²) in [7, 11) is -2.84. The van der Waals surface area contributed by atoms with E-state index in [1.165, 1.54) is 0 Å². The van der Waals surface area contributed by atoms with Crippen LogP contribution in [0.25, 0.3) is 0 Å². The molecule has 0 aliphatic carbocycles. The predicted molar refractivity (Wildman–Crippen MR) is 66.6 cm³/mol. The van der Waals surface area contributed by atoms with Crippen molar-refractivity contribution in [3.8, 4) is 0 Å². The molecule has 3 N–H and O–H groups in total. The molecule has 2 saturated heterocycles. The molecule has 0 aromatic carbocycles. The largest absolute Gasteiger partial charge is 0.372 e. The molecular weight excluding hydrogens is 240 g/mol. The van der Waals surface area contributed by atoms with Gasteiger partial charge in [-0.2, -0.15) is 0 Å². The lowest BCUT2D eigenvalue weighted by molar-refractivity contribution is 0.0466. The Bertz CT molecular complexity index is 371. The monoisotopic (exact) mass is 262 g/mol. The van der Waals surface area contributed by atoms with Gasteiger partial charge in [-0.1, -0.05) is 0 Å². The molecule has 2 fully saturated rings. The molecule has 0 radical (unpaired) electrons. The fourth-order valence-electron chi connectivity index (χ4n) is 2.61. The molecule has 17 heavy (non-hydrogen) atoms. The van der Waals surface area contributed by atoms with E-state index in [0.29, 0.717) is 18.7 Å². The Morgan fingerprint density at radius 2 is 2.12 bits per heavy atom. The van der Waals surface area contributed by atoms with Crippen molar-refractivity contribution in [2.45, 2.75) is 43.9 Å². The summed E-state index contributed by atoms with van der Waals surface area (Å²) < 4.78 is 28.6. The van der Waals surface area contributed by atoms with Crippen LogP contribution in [0, 0.1) is 0 Å². The number of hydrogen-bond acceptors (Lipinski definition) is 5. The molecule has 0 bridgehead atoms. The highest BCUT2D eigenvalue weighted by atomic mass is 32.2. The summed E-state index contributed by atoms with van der Waals surface area (Å²) in [5.41, 5.74) is 5.28. The Kier molecular flexibility index (Phi) is 3.77. The summed E-state index contributed by atoms with van der Waals surface area (Å²) in [5.74, 6) is 0.542. The first-order valence-corrected chi connectivity index (χ1v) is 8.06. The molecular formula is C11H22N2O3S. The molecule has 0 aromatic rings. The molecule has 2 aliphatic rings. The molecule has 2 rings (SSSR count). The number of sulfone groups is 1. The van der Waals surface area contributed by atoms with Gasteiger partial charge in [-0.3, -0.25) is 0 Å². The van der Waals surface area contributed by atoms with Gasteiger partial charge in [0.25, 0.3) is 0 Å². The van der Waals surface area contributed by atoms with Crippen LogP contribution in [0.15, 0.2) is 0 Å². The molecule has 5 nitrogen and oxygen atoms in total. The minimum atomic E-state index is -2.84. The highest BCUT2D eigenvalue weighted by Crippen LogP contribution is 2.24. The van der Waals surface area contributed by atoms with E-state index < -0.39 is 9.84 Å². The van der Waals surface area contributed by atoms with Crippen molar-refractivity contribution in [2.75, 3.05) is 24.6 Å². The Morgan fingerprint density at radius 1 is 1.41 bits per heavy atom. The first-order valence-electron chi connectivity index (χ1n) is 6.23. The number of hydrogen-bond donors (Lipinski definition) is 2. The van der Waals surface area contributed by atoms with Crippen LogP contribution in [0.3, 0.4) is 0 Å². The normalized spacial score (nSPS) is 40.8. The van der Waals surface area contributed by atoms with Crippen molar-refractivity contribution in [2.24, 2.45) is 5.73 Å². The lowest BCUT2D eigenvalue weighted by atomic mass is 10.0. The molecule has 3 atom stereocenters. The van der Waals surface area contributed by atoms with Crippen molar-refractivity contribution in [3.05, 3.63) is 0 Å². The van der Waals surface area contributed by atoms with E-state index in [1.807, 2.05) is 6.92 Å². The van der Waals surface area contributed by atoms with Gasteiger partial charge in [0.15, 0.2) is 9.84 Å². The van der Waals surface area contributed by atoms with Gasteiger partial charge >= 0.3 is 0 Å². The molecule has 6 heteroatoms. The minimum absolute atomic E-state index is 0.182. The predicted octanol–water partition coefficient (Wildman–Crippen LogP) is -0.340. The maximum atomic E-state index is 11.5. The first-order chi connectivity index (χ1) is 7.92. The molecule has 0 spiro atoms. The highest BCUT2D eigenvalue weighted by Gasteiger charge is 2.38. The van der Waals surface area contributed by atoms with Gasteiger partial charge in [0, 0.05) is 18.6 Å². The minimum Gasteiger partial charge on any atom is -0.372 e. The van der Waals surface area contributed by atoms with Gasteiger partial charge in [-0.25, -0.2) is 8.42 Å². The maximum absolute atomic E-state index is 11.5. The Labute approximate surface area is 103 Å². The Balaban J connectivity index is 1.79. The van der Waals surface area contributed by atoms with Crippen LogP contribution in [0.2, 0.25) is 0 Å². The van der Waals surface area contributed by atoms with Crippen LogP contribution in [0.1, 0.15) is 26.2 Å². The summed E-state index contributed by atoms with van der Waals surface area (Å²) in [4.78, 5) is 0. The molecule has 3 unspecified atom stereocenters. The average molecular weight is 262 g/mol. The molecule has 2 heterocycles. The van der Waals surface area contributed by atoms with E-state index in [-0.39, 0.29) is 23.5 Å². The van der Waals surface area contributed by atoms with Crippen LogP contribution in [-0.4, -0.2) is 50.8 Å². The third-order valence-corrected chi connectivity index (χ3v) is 5.62. The standard InChI is InChI=1S/C11H22N2O3S/c1-11(4-5-17(14,15)8-11)13-7-10-3-2-9(6-12)16-10/h9-10,13H,2-8,12H2,1H3. The third kappa shape index (κ3) is 3.40. The number of rotatable bonds is 4.